The first-order chi connectivity index (χ1) is 5.79. The average molecular weight is 266 g/mol. The molecule has 0 unspecified atom stereocenters. The number of aromatic nitrogens is 4. The Balaban J connectivity index is 0.000000845. The van der Waals surface area contributed by atoms with E-state index in [0.717, 1.165) is 11.2 Å². The van der Waals surface area contributed by atoms with Gasteiger partial charge < -0.3 is 9.55 Å². The summed E-state index contributed by atoms with van der Waals surface area (Å²) < 4.78 is 1.90. The van der Waals surface area contributed by atoms with E-state index in [0.29, 0.717) is 6.04 Å². The minimum absolute atomic E-state index is 0. The van der Waals surface area contributed by atoms with Crippen molar-refractivity contribution in [3.05, 3.63) is 18.9 Å². The molecule has 0 aliphatic heterocycles. The summed E-state index contributed by atoms with van der Waals surface area (Å²) in [6.45, 7) is 4.14. The van der Waals surface area contributed by atoms with Crippen LogP contribution in [0.15, 0.2) is 12.5 Å². The van der Waals surface area contributed by atoms with Gasteiger partial charge in [0.25, 0.3) is 0 Å². The van der Waals surface area contributed by atoms with Crippen LogP contribution in [0.25, 0.3) is 11.2 Å². The normalized spacial score (nSPS) is 9.64. The fourth-order valence-electron chi connectivity index (χ4n) is 1.10. The van der Waals surface area contributed by atoms with Crippen LogP contribution in [0.5, 0.6) is 0 Å². The maximum Gasteiger partial charge on any atom is 0.101 e. The fourth-order valence-corrected chi connectivity index (χ4v) is 1.10. The smallest absolute Gasteiger partial charge is 0.101 e. The Morgan fingerprint density at radius 3 is 2.79 bits per heavy atom. The van der Waals surface area contributed by atoms with E-state index in [4.69, 9.17) is 0 Å². The zero-order valence-corrected chi connectivity index (χ0v) is 10.4. The second-order valence-electron chi connectivity index (χ2n) is 2.91. The minimum atomic E-state index is 0. The summed E-state index contributed by atoms with van der Waals surface area (Å²) in [7, 11) is 0. The van der Waals surface area contributed by atoms with E-state index in [9.17, 15) is 0 Å². The molecule has 1 radical (unpaired) electrons. The molecule has 2 aromatic heterocycles. The molecular formula is C9H13N4Y-. The van der Waals surface area contributed by atoms with Crippen molar-refractivity contribution in [1.82, 2.24) is 19.5 Å². The van der Waals surface area contributed by atoms with E-state index in [-0.39, 0.29) is 40.1 Å². The molecular weight excluding hydrogens is 253 g/mol. The molecule has 14 heavy (non-hydrogen) atoms. The van der Waals surface area contributed by atoms with Crippen molar-refractivity contribution in [2.75, 3.05) is 0 Å². The summed E-state index contributed by atoms with van der Waals surface area (Å²) in [6, 6.07) is 0.338. The number of fused-ring (bicyclic) bond motifs is 1. The van der Waals surface area contributed by atoms with Gasteiger partial charge in [0.2, 0.25) is 0 Å². The van der Waals surface area contributed by atoms with Crippen LogP contribution in [0, 0.1) is 6.33 Å². The van der Waals surface area contributed by atoms with Crippen molar-refractivity contribution in [3.63, 3.8) is 0 Å². The monoisotopic (exact) mass is 266 g/mol. The van der Waals surface area contributed by atoms with Crippen molar-refractivity contribution in [1.29, 1.82) is 0 Å². The zero-order chi connectivity index (χ0) is 8.55. The van der Waals surface area contributed by atoms with Gasteiger partial charge in [-0.2, -0.15) is 0 Å². The van der Waals surface area contributed by atoms with Crippen LogP contribution >= 0.6 is 0 Å². The second kappa shape index (κ2) is 5.51. The summed E-state index contributed by atoms with van der Waals surface area (Å²) in [4.78, 5) is 12.1. The molecule has 0 amide bonds. The minimum Gasteiger partial charge on any atom is -0.430 e. The predicted molar refractivity (Wildman–Crippen MR) is 51.3 cm³/mol. The van der Waals surface area contributed by atoms with E-state index in [1.54, 1.807) is 6.20 Å². The van der Waals surface area contributed by atoms with Crippen LogP contribution < -0.4 is 0 Å². The topological polar surface area (TPSA) is 43.6 Å². The van der Waals surface area contributed by atoms with Crippen molar-refractivity contribution < 1.29 is 32.7 Å². The van der Waals surface area contributed by atoms with Crippen molar-refractivity contribution in [2.45, 2.75) is 27.3 Å². The van der Waals surface area contributed by atoms with Gasteiger partial charge in [0.1, 0.15) is 6.33 Å². The van der Waals surface area contributed by atoms with Gasteiger partial charge in [-0.1, -0.05) is 7.43 Å². The number of rotatable bonds is 1. The molecule has 2 aromatic rings. The Hall–Kier alpha value is -0.346. The zero-order valence-electron chi connectivity index (χ0n) is 7.60. The first kappa shape index (κ1) is 13.7. The van der Waals surface area contributed by atoms with Crippen LogP contribution in [0.3, 0.4) is 0 Å². The maximum atomic E-state index is 4.12. The van der Waals surface area contributed by atoms with E-state index >= 15 is 0 Å². The van der Waals surface area contributed by atoms with Gasteiger partial charge in [0, 0.05) is 50.7 Å². The third kappa shape index (κ3) is 2.36. The van der Waals surface area contributed by atoms with E-state index < -0.39 is 0 Å². The van der Waals surface area contributed by atoms with Crippen LogP contribution in [0.4, 0.5) is 0 Å². The summed E-state index contributed by atoms with van der Waals surface area (Å²) in [5.74, 6) is 0. The number of nitrogens with zero attached hydrogens (tertiary/aromatic N) is 4. The molecule has 0 spiro atoms. The van der Waals surface area contributed by atoms with Crippen molar-refractivity contribution >= 4 is 11.2 Å². The molecule has 0 aliphatic carbocycles. The van der Waals surface area contributed by atoms with Gasteiger partial charge >= 0.3 is 0 Å². The van der Waals surface area contributed by atoms with E-state index in [1.807, 2.05) is 4.57 Å². The first-order valence-electron chi connectivity index (χ1n) is 3.84. The number of hydrogen-bond donors (Lipinski definition) is 0. The average Bonchev–Trinajstić information content (AvgIpc) is 2.47. The van der Waals surface area contributed by atoms with Gasteiger partial charge in [-0.3, -0.25) is 9.97 Å². The quantitative estimate of drug-likeness (QED) is 0.740. The Morgan fingerprint density at radius 2 is 2.14 bits per heavy atom. The second-order valence-corrected chi connectivity index (χ2v) is 2.91. The first-order valence-corrected chi connectivity index (χ1v) is 3.84. The van der Waals surface area contributed by atoms with Crippen LogP contribution in [-0.2, 0) is 32.7 Å². The molecule has 0 fully saturated rings. The fraction of sp³-hybridized carbons (Fsp3) is 0.444. The number of imidazole rings is 1. The molecule has 0 bridgehead atoms. The van der Waals surface area contributed by atoms with Gasteiger partial charge in [-0.15, -0.1) is 0 Å². The third-order valence-corrected chi connectivity index (χ3v) is 1.70. The standard InChI is InChI=1S/C8H9N4.CH4.Y/c1-6(2)12-5-11-7-3-9-4-10-8(7)12;;/h3-4,6H,1-2H3;1H4;/q-1;;. The van der Waals surface area contributed by atoms with E-state index in [1.165, 1.54) is 6.33 Å². The Bertz CT molecular complexity index is 396. The third-order valence-electron chi connectivity index (χ3n) is 1.70. The molecule has 2 rings (SSSR count). The molecule has 2 heterocycles. The Labute approximate surface area is 109 Å². The predicted octanol–water partition coefficient (Wildman–Crippen LogP) is 1.84. The molecule has 0 saturated heterocycles. The van der Waals surface area contributed by atoms with Gasteiger partial charge in [0.15, 0.2) is 0 Å². The van der Waals surface area contributed by atoms with Crippen LogP contribution in [0.2, 0.25) is 0 Å². The summed E-state index contributed by atoms with van der Waals surface area (Å²) in [5.41, 5.74) is 1.64. The molecule has 5 heteroatoms. The van der Waals surface area contributed by atoms with Gasteiger partial charge in [-0.05, 0) is 25.6 Å². The molecule has 0 atom stereocenters. The number of hydrogen-bond acceptors (Lipinski definition) is 3. The molecule has 0 saturated carbocycles. The van der Waals surface area contributed by atoms with E-state index in [2.05, 4.69) is 35.1 Å². The largest absolute Gasteiger partial charge is 0.430 e. The molecule has 4 nitrogen and oxygen atoms in total. The summed E-state index contributed by atoms with van der Waals surface area (Å²) >= 11 is 0. The molecule has 73 valence electrons. The van der Waals surface area contributed by atoms with Crippen molar-refractivity contribution in [3.8, 4) is 0 Å². The summed E-state index contributed by atoms with van der Waals surface area (Å²) in [5, 5.41) is 0. The van der Waals surface area contributed by atoms with Crippen LogP contribution in [-0.4, -0.2) is 19.5 Å². The molecule has 0 aliphatic rings. The van der Waals surface area contributed by atoms with Gasteiger partial charge in [-0.25, -0.2) is 0 Å². The molecule has 0 N–H and O–H groups in total. The van der Waals surface area contributed by atoms with Crippen molar-refractivity contribution in [2.24, 2.45) is 0 Å². The Morgan fingerprint density at radius 1 is 1.43 bits per heavy atom. The Kier molecular flexibility index (Phi) is 5.38. The SMILES string of the molecule is C.CC(C)n1[c-]nc2cncnc21.[Y]. The molecule has 0 aromatic carbocycles. The summed E-state index contributed by atoms with van der Waals surface area (Å²) in [6.07, 6.45) is 6.09. The van der Waals surface area contributed by atoms with Crippen LogP contribution in [0.1, 0.15) is 27.3 Å². The van der Waals surface area contributed by atoms with Gasteiger partial charge in [0.05, 0.1) is 0 Å². The maximum absolute atomic E-state index is 4.12.